The molecule has 0 radical (unpaired) electrons. The van der Waals surface area contributed by atoms with Gasteiger partial charge in [-0.3, -0.25) is 9.63 Å². The van der Waals surface area contributed by atoms with Gasteiger partial charge in [0.1, 0.15) is 0 Å². The summed E-state index contributed by atoms with van der Waals surface area (Å²) in [5, 5.41) is 0.960. The molecule has 0 spiro atoms. The van der Waals surface area contributed by atoms with E-state index in [1.165, 1.54) is 39.4 Å². The smallest absolute Gasteiger partial charge is 0.279 e. The van der Waals surface area contributed by atoms with E-state index in [-0.39, 0.29) is 16.1 Å². The Morgan fingerprint density at radius 1 is 1.44 bits per heavy atom. The summed E-state index contributed by atoms with van der Waals surface area (Å²) in [6.07, 6.45) is 0. The van der Waals surface area contributed by atoms with Crippen LogP contribution in [0.3, 0.4) is 0 Å². The minimum absolute atomic E-state index is 0.0351. The Balaban J connectivity index is 3.30. The molecule has 3 N–H and O–H groups in total. The van der Waals surface area contributed by atoms with Gasteiger partial charge in [-0.15, -0.1) is 0 Å². The first-order chi connectivity index (χ1) is 8.33. The van der Waals surface area contributed by atoms with Crippen molar-refractivity contribution < 1.29 is 18.0 Å². The van der Waals surface area contributed by atoms with Gasteiger partial charge in [0.2, 0.25) is 10.0 Å². The van der Waals surface area contributed by atoms with Crippen molar-refractivity contribution in [2.45, 2.75) is 4.90 Å². The first-order valence-electron chi connectivity index (χ1n) is 4.98. The van der Waals surface area contributed by atoms with Crippen LogP contribution in [0, 0.1) is 0 Å². The zero-order valence-corrected chi connectivity index (χ0v) is 11.1. The van der Waals surface area contributed by atoms with Gasteiger partial charge in [0.25, 0.3) is 5.91 Å². The fourth-order valence-electron chi connectivity index (χ4n) is 1.26. The van der Waals surface area contributed by atoms with E-state index in [4.69, 9.17) is 10.6 Å². The Morgan fingerprint density at radius 3 is 2.56 bits per heavy atom. The standard InChI is InChI=1S/C10H15N3O4S/c1-12-18(15,16)7-4-5-9(11)8(6-7)10(14)13(2)17-3/h4-6,12H,11H2,1-3H3. The summed E-state index contributed by atoms with van der Waals surface area (Å²) >= 11 is 0. The van der Waals surface area contributed by atoms with Gasteiger partial charge in [-0.1, -0.05) is 0 Å². The topological polar surface area (TPSA) is 102 Å². The normalized spacial score (nSPS) is 11.3. The Morgan fingerprint density at radius 2 is 2.06 bits per heavy atom. The molecule has 1 aromatic carbocycles. The largest absolute Gasteiger partial charge is 0.398 e. The van der Waals surface area contributed by atoms with Crippen molar-refractivity contribution in [3.63, 3.8) is 0 Å². The van der Waals surface area contributed by atoms with Gasteiger partial charge < -0.3 is 5.73 Å². The summed E-state index contributed by atoms with van der Waals surface area (Å²) in [6.45, 7) is 0. The molecule has 0 fully saturated rings. The van der Waals surface area contributed by atoms with Crippen LogP contribution in [-0.2, 0) is 14.9 Å². The number of carbonyl (C=O) groups excluding carboxylic acids is 1. The highest BCUT2D eigenvalue weighted by atomic mass is 32.2. The lowest BCUT2D eigenvalue weighted by atomic mass is 10.1. The van der Waals surface area contributed by atoms with Crippen molar-refractivity contribution >= 4 is 21.6 Å². The highest BCUT2D eigenvalue weighted by Gasteiger charge is 2.19. The summed E-state index contributed by atoms with van der Waals surface area (Å²) in [6, 6.07) is 3.89. The molecule has 0 saturated carbocycles. The monoisotopic (exact) mass is 273 g/mol. The number of nitrogens with one attached hydrogen (secondary N) is 1. The summed E-state index contributed by atoms with van der Waals surface area (Å²) in [5.74, 6) is -0.525. The van der Waals surface area contributed by atoms with E-state index < -0.39 is 15.9 Å². The molecule has 18 heavy (non-hydrogen) atoms. The van der Waals surface area contributed by atoms with Crippen molar-refractivity contribution in [2.24, 2.45) is 0 Å². The Labute approximate surface area is 106 Å². The molecule has 1 rings (SSSR count). The third-order valence-corrected chi connectivity index (χ3v) is 3.81. The van der Waals surface area contributed by atoms with Gasteiger partial charge in [-0.05, 0) is 25.2 Å². The number of hydrogen-bond acceptors (Lipinski definition) is 5. The Kier molecular flexibility index (Phi) is 4.28. The van der Waals surface area contributed by atoms with Crippen molar-refractivity contribution in [3.05, 3.63) is 23.8 Å². The predicted octanol–water partition coefficient (Wildman–Crippen LogP) is -0.190. The van der Waals surface area contributed by atoms with E-state index in [9.17, 15) is 13.2 Å². The van der Waals surface area contributed by atoms with Crippen molar-refractivity contribution in [1.82, 2.24) is 9.79 Å². The van der Waals surface area contributed by atoms with Gasteiger partial charge in [0, 0.05) is 12.7 Å². The van der Waals surface area contributed by atoms with Gasteiger partial charge in [-0.25, -0.2) is 18.2 Å². The number of hydroxylamine groups is 2. The molecule has 0 saturated heterocycles. The van der Waals surface area contributed by atoms with Crippen LogP contribution in [0.2, 0.25) is 0 Å². The number of rotatable bonds is 4. The van der Waals surface area contributed by atoms with E-state index in [2.05, 4.69) is 4.72 Å². The van der Waals surface area contributed by atoms with Crippen LogP contribution in [0.5, 0.6) is 0 Å². The maximum absolute atomic E-state index is 11.9. The van der Waals surface area contributed by atoms with Crippen molar-refractivity contribution in [2.75, 3.05) is 26.9 Å². The molecule has 0 atom stereocenters. The highest BCUT2D eigenvalue weighted by Crippen LogP contribution is 2.19. The van der Waals surface area contributed by atoms with Crippen molar-refractivity contribution in [1.29, 1.82) is 0 Å². The van der Waals surface area contributed by atoms with E-state index in [1.54, 1.807) is 0 Å². The van der Waals surface area contributed by atoms with Crippen LogP contribution in [0.1, 0.15) is 10.4 Å². The number of hydrogen-bond donors (Lipinski definition) is 2. The number of nitrogens with two attached hydrogens (primary N) is 1. The maximum atomic E-state index is 11.9. The van der Waals surface area contributed by atoms with Crippen LogP contribution in [-0.4, -0.2) is 40.6 Å². The molecule has 0 bridgehead atoms. The molecule has 7 nitrogen and oxygen atoms in total. The first-order valence-corrected chi connectivity index (χ1v) is 6.47. The van der Waals surface area contributed by atoms with E-state index in [0.717, 1.165) is 5.06 Å². The first kappa shape index (κ1) is 14.4. The van der Waals surface area contributed by atoms with Crippen LogP contribution in [0.15, 0.2) is 23.1 Å². The number of nitrogen functional groups attached to an aromatic ring is 1. The van der Waals surface area contributed by atoms with Crippen molar-refractivity contribution in [3.8, 4) is 0 Å². The van der Waals surface area contributed by atoms with Gasteiger partial charge in [0.15, 0.2) is 0 Å². The summed E-state index contributed by atoms with van der Waals surface area (Å²) < 4.78 is 25.4. The SMILES string of the molecule is CNS(=O)(=O)c1ccc(N)c(C(=O)N(C)OC)c1. The lowest BCUT2D eigenvalue weighted by Crippen LogP contribution is -2.27. The quantitative estimate of drug-likeness (QED) is 0.585. The molecule has 0 aromatic heterocycles. The second kappa shape index (κ2) is 5.34. The van der Waals surface area contributed by atoms with Crippen LogP contribution < -0.4 is 10.5 Å². The molecular weight excluding hydrogens is 258 g/mol. The Hall–Kier alpha value is -1.64. The van der Waals surface area contributed by atoms with E-state index in [1.807, 2.05) is 0 Å². The maximum Gasteiger partial charge on any atom is 0.279 e. The average molecular weight is 273 g/mol. The molecular formula is C10H15N3O4S. The lowest BCUT2D eigenvalue weighted by molar-refractivity contribution is -0.0756. The van der Waals surface area contributed by atoms with Crippen LogP contribution >= 0.6 is 0 Å². The Bertz CT molecular complexity index is 556. The molecule has 100 valence electrons. The summed E-state index contributed by atoms with van der Waals surface area (Å²) in [4.78, 5) is 16.6. The second-order valence-corrected chi connectivity index (χ2v) is 5.33. The number of sulfonamides is 1. The number of amides is 1. The van der Waals surface area contributed by atoms with Crippen LogP contribution in [0.4, 0.5) is 5.69 Å². The van der Waals surface area contributed by atoms with Gasteiger partial charge in [0.05, 0.1) is 17.6 Å². The third-order valence-electron chi connectivity index (χ3n) is 2.39. The third kappa shape index (κ3) is 2.78. The summed E-state index contributed by atoms with van der Waals surface area (Å²) in [5.41, 5.74) is 5.89. The summed E-state index contributed by atoms with van der Waals surface area (Å²) in [7, 11) is 0.391. The molecule has 0 aliphatic heterocycles. The van der Waals surface area contributed by atoms with Crippen LogP contribution in [0.25, 0.3) is 0 Å². The predicted molar refractivity (Wildman–Crippen MR) is 66.2 cm³/mol. The molecule has 1 aromatic rings. The highest BCUT2D eigenvalue weighted by molar-refractivity contribution is 7.89. The minimum atomic E-state index is -3.62. The van der Waals surface area contributed by atoms with Gasteiger partial charge in [-0.2, -0.15) is 0 Å². The average Bonchev–Trinajstić information content (AvgIpc) is 2.37. The fraction of sp³-hybridized carbons (Fsp3) is 0.300. The zero-order chi connectivity index (χ0) is 13.9. The number of benzene rings is 1. The molecule has 8 heteroatoms. The zero-order valence-electron chi connectivity index (χ0n) is 10.3. The number of carbonyl (C=O) groups is 1. The molecule has 1 amide bonds. The number of anilines is 1. The lowest BCUT2D eigenvalue weighted by Gasteiger charge is -2.15. The van der Waals surface area contributed by atoms with E-state index in [0.29, 0.717) is 0 Å². The minimum Gasteiger partial charge on any atom is -0.398 e. The molecule has 0 aliphatic rings. The van der Waals surface area contributed by atoms with E-state index >= 15 is 0 Å². The molecule has 0 unspecified atom stereocenters. The fourth-order valence-corrected chi connectivity index (χ4v) is 2.01. The molecule has 0 heterocycles. The number of nitrogens with zero attached hydrogens (tertiary/aromatic N) is 1. The van der Waals surface area contributed by atoms with Gasteiger partial charge >= 0.3 is 0 Å². The second-order valence-electron chi connectivity index (χ2n) is 3.44. The molecule has 0 aliphatic carbocycles.